The predicted octanol–water partition coefficient (Wildman–Crippen LogP) is 1.49. The smallest absolute Gasteiger partial charge is 0.225 e. The van der Waals surface area contributed by atoms with E-state index in [1.54, 1.807) is 26.1 Å². The second kappa shape index (κ2) is 6.11. The molecule has 5 nitrogen and oxygen atoms in total. The molecule has 0 radical (unpaired) electrons. The third kappa shape index (κ3) is 3.15. The summed E-state index contributed by atoms with van der Waals surface area (Å²) in [5, 5.41) is 2.76. The maximum Gasteiger partial charge on any atom is 0.225 e. The van der Waals surface area contributed by atoms with Crippen molar-refractivity contribution in [2.24, 2.45) is 5.92 Å². The minimum atomic E-state index is -0.533. The maximum absolute atomic E-state index is 13.9. The summed E-state index contributed by atoms with van der Waals surface area (Å²) in [6, 6.07) is 3.99. The van der Waals surface area contributed by atoms with E-state index in [1.807, 2.05) is 0 Å². The van der Waals surface area contributed by atoms with Crippen LogP contribution in [-0.2, 0) is 9.59 Å². The van der Waals surface area contributed by atoms with Gasteiger partial charge in [0.15, 0.2) is 0 Å². The van der Waals surface area contributed by atoms with E-state index in [4.69, 9.17) is 4.74 Å². The van der Waals surface area contributed by atoms with Crippen LogP contribution in [0.25, 0.3) is 0 Å². The number of rotatable bonds is 4. The fraction of sp³-hybridized carbons (Fsp3) is 0.467. The van der Waals surface area contributed by atoms with E-state index >= 15 is 0 Å². The number of benzene rings is 1. The van der Waals surface area contributed by atoms with Crippen LogP contribution in [0.15, 0.2) is 18.2 Å². The van der Waals surface area contributed by atoms with E-state index in [0.29, 0.717) is 17.9 Å². The number of hydrogen-bond acceptors (Lipinski definition) is 3. The van der Waals surface area contributed by atoms with Gasteiger partial charge in [0.05, 0.1) is 24.6 Å². The van der Waals surface area contributed by atoms with Gasteiger partial charge >= 0.3 is 0 Å². The van der Waals surface area contributed by atoms with Crippen LogP contribution in [0.1, 0.15) is 24.9 Å². The van der Waals surface area contributed by atoms with Gasteiger partial charge in [-0.1, -0.05) is 6.07 Å². The van der Waals surface area contributed by atoms with E-state index in [0.717, 1.165) is 0 Å². The monoisotopic (exact) mass is 294 g/mol. The Balaban J connectivity index is 2.10. The van der Waals surface area contributed by atoms with Gasteiger partial charge in [-0.2, -0.15) is 0 Å². The third-order valence-electron chi connectivity index (χ3n) is 3.74. The Kier molecular flexibility index (Phi) is 4.45. The Bertz CT molecular complexity index is 562. The highest BCUT2D eigenvalue weighted by Crippen LogP contribution is 2.28. The highest BCUT2D eigenvalue weighted by atomic mass is 19.1. The molecule has 2 atom stereocenters. The molecule has 1 heterocycles. The van der Waals surface area contributed by atoms with Gasteiger partial charge in [0.2, 0.25) is 11.8 Å². The number of methoxy groups -OCH3 is 1. The van der Waals surface area contributed by atoms with Crippen molar-refractivity contribution in [3.8, 4) is 5.75 Å². The molecule has 21 heavy (non-hydrogen) atoms. The van der Waals surface area contributed by atoms with Crippen LogP contribution in [0.5, 0.6) is 5.75 Å². The summed E-state index contributed by atoms with van der Waals surface area (Å²) in [5.41, 5.74) is 0.311. The predicted molar refractivity (Wildman–Crippen MR) is 75.3 cm³/mol. The molecule has 0 bridgehead atoms. The number of ether oxygens (including phenoxy) is 1. The molecule has 0 spiro atoms. The lowest BCUT2D eigenvalue weighted by atomic mass is 10.0. The fourth-order valence-electron chi connectivity index (χ4n) is 2.56. The summed E-state index contributed by atoms with van der Waals surface area (Å²) in [5.74, 6) is -0.719. The van der Waals surface area contributed by atoms with Crippen LogP contribution in [0, 0.1) is 11.7 Å². The van der Waals surface area contributed by atoms with Crippen molar-refractivity contribution in [2.45, 2.75) is 19.4 Å². The van der Waals surface area contributed by atoms with Gasteiger partial charge in [0, 0.05) is 20.0 Å². The first-order valence-corrected chi connectivity index (χ1v) is 6.80. The number of hydrogen-bond donors (Lipinski definition) is 1. The van der Waals surface area contributed by atoms with Gasteiger partial charge in [0.1, 0.15) is 11.6 Å². The molecule has 1 fully saturated rings. The maximum atomic E-state index is 13.9. The number of carbonyl (C=O) groups excluding carboxylic acids is 2. The molecule has 1 N–H and O–H groups in total. The van der Waals surface area contributed by atoms with Crippen molar-refractivity contribution in [3.05, 3.63) is 29.6 Å². The topological polar surface area (TPSA) is 58.6 Å². The normalized spacial score (nSPS) is 19.5. The molecule has 1 aromatic rings. The average molecular weight is 294 g/mol. The molecule has 0 aliphatic carbocycles. The molecule has 0 saturated carbocycles. The molecule has 114 valence electrons. The molecule has 6 heteroatoms. The summed E-state index contributed by atoms with van der Waals surface area (Å²) in [4.78, 5) is 25.2. The van der Waals surface area contributed by atoms with Crippen molar-refractivity contribution in [2.75, 3.05) is 20.7 Å². The number of nitrogens with zero attached hydrogens (tertiary/aromatic N) is 1. The van der Waals surface area contributed by atoms with Gasteiger partial charge in [-0.3, -0.25) is 9.59 Å². The second-order valence-electron chi connectivity index (χ2n) is 5.26. The number of amides is 2. The van der Waals surface area contributed by atoms with Crippen molar-refractivity contribution >= 4 is 11.8 Å². The van der Waals surface area contributed by atoms with Gasteiger partial charge in [0.25, 0.3) is 0 Å². The average Bonchev–Trinajstić information content (AvgIpc) is 2.78. The Morgan fingerprint density at radius 2 is 2.24 bits per heavy atom. The first kappa shape index (κ1) is 15.3. The van der Waals surface area contributed by atoms with E-state index < -0.39 is 11.9 Å². The van der Waals surface area contributed by atoms with Crippen molar-refractivity contribution < 1.29 is 18.7 Å². The van der Waals surface area contributed by atoms with Gasteiger partial charge < -0.3 is 15.0 Å². The molecule has 2 amide bonds. The van der Waals surface area contributed by atoms with Crippen LogP contribution in [0.3, 0.4) is 0 Å². The van der Waals surface area contributed by atoms with Crippen LogP contribution in [0.2, 0.25) is 0 Å². The Hall–Kier alpha value is -2.11. The summed E-state index contributed by atoms with van der Waals surface area (Å²) in [6.07, 6.45) is 0.198. The summed E-state index contributed by atoms with van der Waals surface area (Å²) >= 11 is 0. The Labute approximate surface area is 123 Å². The Morgan fingerprint density at radius 3 is 2.81 bits per heavy atom. The molecular formula is C15H19FN2O3. The molecule has 1 aromatic carbocycles. The largest absolute Gasteiger partial charge is 0.496 e. The van der Waals surface area contributed by atoms with E-state index in [2.05, 4.69) is 5.32 Å². The van der Waals surface area contributed by atoms with Crippen LogP contribution in [-0.4, -0.2) is 37.4 Å². The first-order chi connectivity index (χ1) is 9.93. The lowest BCUT2D eigenvalue weighted by Gasteiger charge is -2.19. The van der Waals surface area contributed by atoms with E-state index in [1.165, 1.54) is 18.1 Å². The Morgan fingerprint density at radius 1 is 1.52 bits per heavy atom. The molecule has 2 rings (SSSR count). The second-order valence-corrected chi connectivity index (χ2v) is 5.26. The summed E-state index contributed by atoms with van der Waals surface area (Å²) < 4.78 is 19.1. The molecule has 1 aliphatic rings. The van der Waals surface area contributed by atoms with Crippen molar-refractivity contribution in [3.63, 3.8) is 0 Å². The molecular weight excluding hydrogens is 275 g/mol. The zero-order valence-corrected chi connectivity index (χ0v) is 12.4. The SMILES string of the molecule is COc1cccc(F)c1C(C)NC(=O)C1CC(=O)N(C)C1. The standard InChI is InChI=1S/C15H19FN2O3/c1-9(14-11(16)5-4-6-12(14)21-3)17-15(20)10-7-13(19)18(2)8-10/h4-6,9-10H,7-8H2,1-3H3,(H,17,20). The summed E-state index contributed by atoms with van der Waals surface area (Å²) in [7, 11) is 3.12. The van der Waals surface area contributed by atoms with Gasteiger partial charge in [-0.05, 0) is 19.1 Å². The van der Waals surface area contributed by atoms with E-state index in [9.17, 15) is 14.0 Å². The van der Waals surface area contributed by atoms with Crippen molar-refractivity contribution in [1.82, 2.24) is 10.2 Å². The highest BCUT2D eigenvalue weighted by molar-refractivity contribution is 5.89. The van der Waals surface area contributed by atoms with Gasteiger partial charge in [-0.25, -0.2) is 4.39 Å². The minimum absolute atomic E-state index is 0.0497. The lowest BCUT2D eigenvalue weighted by Crippen LogP contribution is -2.34. The lowest BCUT2D eigenvalue weighted by molar-refractivity contribution is -0.128. The van der Waals surface area contributed by atoms with Crippen LogP contribution in [0.4, 0.5) is 4.39 Å². The molecule has 1 saturated heterocycles. The van der Waals surface area contributed by atoms with Crippen molar-refractivity contribution in [1.29, 1.82) is 0 Å². The zero-order valence-electron chi connectivity index (χ0n) is 12.4. The van der Waals surface area contributed by atoms with Crippen LogP contribution < -0.4 is 10.1 Å². The quantitative estimate of drug-likeness (QED) is 0.915. The molecule has 1 aliphatic heterocycles. The zero-order chi connectivity index (χ0) is 15.6. The summed E-state index contributed by atoms with van der Waals surface area (Å²) in [6.45, 7) is 2.09. The number of nitrogens with one attached hydrogen (secondary N) is 1. The third-order valence-corrected chi connectivity index (χ3v) is 3.74. The van der Waals surface area contributed by atoms with Gasteiger partial charge in [-0.15, -0.1) is 0 Å². The van der Waals surface area contributed by atoms with E-state index in [-0.39, 0.29) is 24.2 Å². The number of likely N-dealkylation sites (tertiary alicyclic amines) is 1. The number of carbonyl (C=O) groups is 2. The first-order valence-electron chi connectivity index (χ1n) is 6.80. The van der Waals surface area contributed by atoms with Crippen LogP contribution >= 0.6 is 0 Å². The fourth-order valence-corrected chi connectivity index (χ4v) is 2.56. The molecule has 2 unspecified atom stereocenters. The minimum Gasteiger partial charge on any atom is -0.496 e. The molecule has 0 aromatic heterocycles. The highest BCUT2D eigenvalue weighted by Gasteiger charge is 2.33. The number of halogens is 1.